The lowest BCUT2D eigenvalue weighted by molar-refractivity contribution is 0.573. The summed E-state index contributed by atoms with van der Waals surface area (Å²) in [6, 6.07) is 0. The average Bonchev–Trinajstić information content (AvgIpc) is 3.11. The summed E-state index contributed by atoms with van der Waals surface area (Å²) in [5, 5.41) is 7.70. The zero-order chi connectivity index (χ0) is 14.3. The van der Waals surface area contributed by atoms with E-state index in [0.29, 0.717) is 5.92 Å². The number of nitrogens with zero attached hydrogens (tertiary/aromatic N) is 4. The molecule has 0 amide bonds. The number of H-pyrrole nitrogens is 1. The number of nitrogens with one attached hydrogen (secondary N) is 1. The lowest BCUT2D eigenvalue weighted by Gasteiger charge is -2.11. The summed E-state index contributed by atoms with van der Waals surface area (Å²) in [5.74, 6) is 0.334. The molecule has 0 aliphatic rings. The Morgan fingerprint density at radius 1 is 1.50 bits per heavy atom. The van der Waals surface area contributed by atoms with Crippen LogP contribution < -0.4 is 0 Å². The van der Waals surface area contributed by atoms with Crippen LogP contribution in [0.4, 0.5) is 0 Å². The maximum atomic E-state index is 5.47. The van der Waals surface area contributed by atoms with Crippen LogP contribution in [0.15, 0.2) is 11.6 Å². The minimum atomic E-state index is 0.334. The Morgan fingerprint density at radius 2 is 2.30 bits per heavy atom. The van der Waals surface area contributed by atoms with Gasteiger partial charge < -0.3 is 9.55 Å². The number of aryl methyl sites for hydroxylation is 2. The maximum Gasteiger partial charge on any atom is 0.179 e. The third-order valence-corrected chi connectivity index (χ3v) is 4.79. The predicted octanol–water partition coefficient (Wildman–Crippen LogP) is 3.48. The van der Waals surface area contributed by atoms with Crippen molar-refractivity contribution in [1.82, 2.24) is 24.3 Å². The van der Waals surface area contributed by atoms with E-state index in [1.807, 2.05) is 23.2 Å². The first-order valence-corrected chi connectivity index (χ1v) is 7.96. The van der Waals surface area contributed by atoms with Crippen LogP contribution in [-0.4, -0.2) is 24.3 Å². The highest BCUT2D eigenvalue weighted by Gasteiger charge is 2.17. The maximum absolute atomic E-state index is 5.47. The van der Waals surface area contributed by atoms with Gasteiger partial charge in [-0.05, 0) is 26.1 Å². The fourth-order valence-corrected chi connectivity index (χ4v) is 3.43. The quantitative estimate of drug-likeness (QED) is 0.751. The highest BCUT2D eigenvalue weighted by molar-refractivity contribution is 7.71. The van der Waals surface area contributed by atoms with Gasteiger partial charge in [0.05, 0.1) is 10.7 Å². The molecule has 3 rings (SSSR count). The molecule has 3 aromatic heterocycles. The molecule has 0 saturated carbocycles. The van der Waals surface area contributed by atoms with Gasteiger partial charge in [0.2, 0.25) is 0 Å². The summed E-state index contributed by atoms with van der Waals surface area (Å²) in [6.45, 7) is 7.93. The molecule has 1 unspecified atom stereocenters. The molecule has 3 aromatic rings. The first kappa shape index (κ1) is 13.5. The smallest absolute Gasteiger partial charge is 0.179 e. The summed E-state index contributed by atoms with van der Waals surface area (Å²) in [4.78, 5) is 7.67. The molecule has 1 N–H and O–H groups in total. The van der Waals surface area contributed by atoms with Crippen molar-refractivity contribution in [3.63, 3.8) is 0 Å². The normalized spacial score (nSPS) is 13.2. The first-order valence-electron chi connectivity index (χ1n) is 6.67. The molecule has 7 heteroatoms. The molecule has 0 fully saturated rings. The van der Waals surface area contributed by atoms with Crippen LogP contribution in [0.1, 0.15) is 30.5 Å². The van der Waals surface area contributed by atoms with E-state index in [2.05, 4.69) is 33.5 Å². The van der Waals surface area contributed by atoms with Gasteiger partial charge in [0.25, 0.3) is 0 Å². The highest BCUT2D eigenvalue weighted by atomic mass is 32.1. The van der Waals surface area contributed by atoms with E-state index in [9.17, 15) is 0 Å². The Bertz CT molecular complexity index is 778. The molecule has 5 nitrogen and oxygen atoms in total. The number of imidazole rings is 1. The van der Waals surface area contributed by atoms with E-state index in [-0.39, 0.29) is 0 Å². The molecule has 20 heavy (non-hydrogen) atoms. The van der Waals surface area contributed by atoms with Crippen molar-refractivity contribution in [1.29, 1.82) is 0 Å². The largest absolute Gasteiger partial charge is 0.328 e. The zero-order valence-corrected chi connectivity index (χ0v) is 13.4. The summed E-state index contributed by atoms with van der Waals surface area (Å²) in [7, 11) is 0. The number of fused-ring (bicyclic) bond motifs is 1. The molecule has 0 saturated heterocycles. The Kier molecular flexibility index (Phi) is 3.47. The molecule has 0 aliphatic carbocycles. The molecular weight excluding hydrogens is 290 g/mol. The Labute approximate surface area is 126 Å². The summed E-state index contributed by atoms with van der Waals surface area (Å²) < 4.78 is 4.90. The Hall–Kier alpha value is -1.47. The number of rotatable bonds is 4. The van der Waals surface area contributed by atoms with Crippen LogP contribution in [0.3, 0.4) is 0 Å². The van der Waals surface area contributed by atoms with E-state index in [1.54, 1.807) is 11.3 Å². The number of aromatic nitrogens is 5. The highest BCUT2D eigenvalue weighted by Crippen LogP contribution is 2.24. The summed E-state index contributed by atoms with van der Waals surface area (Å²) >= 11 is 7.16. The van der Waals surface area contributed by atoms with Gasteiger partial charge >= 0.3 is 0 Å². The van der Waals surface area contributed by atoms with Gasteiger partial charge in [-0.15, -0.1) is 11.3 Å². The topological polar surface area (TPSA) is 51.4 Å². The second-order valence-electron chi connectivity index (χ2n) is 4.91. The van der Waals surface area contributed by atoms with Crippen molar-refractivity contribution in [2.45, 2.75) is 39.8 Å². The van der Waals surface area contributed by atoms with E-state index in [0.717, 1.165) is 39.7 Å². The van der Waals surface area contributed by atoms with Gasteiger partial charge in [-0.1, -0.05) is 6.92 Å². The van der Waals surface area contributed by atoms with E-state index in [1.165, 1.54) is 0 Å². The van der Waals surface area contributed by atoms with Crippen LogP contribution in [-0.2, 0) is 13.1 Å². The van der Waals surface area contributed by atoms with Crippen molar-refractivity contribution < 1.29 is 0 Å². The molecular formula is C13H17N5S2. The van der Waals surface area contributed by atoms with Gasteiger partial charge in [-0.25, -0.2) is 9.67 Å². The summed E-state index contributed by atoms with van der Waals surface area (Å²) in [5.41, 5.74) is 3.12. The molecule has 0 aliphatic heterocycles. The van der Waals surface area contributed by atoms with Gasteiger partial charge in [0, 0.05) is 30.6 Å². The fraction of sp³-hybridized carbons (Fsp3) is 0.462. The lowest BCUT2D eigenvalue weighted by Crippen LogP contribution is -2.10. The standard InChI is InChI=1S/C13H17N5S2/c1-4-18-12-10(9(3)16-18)15-13(19)17(12)7-8(2)11-14-5-6-20-11/h5-6,8H,4,7H2,1-3H3,(H,15,19). The number of hydrogen-bond donors (Lipinski definition) is 1. The molecule has 3 heterocycles. The molecule has 0 radical (unpaired) electrons. The number of hydrogen-bond acceptors (Lipinski definition) is 4. The number of aromatic amines is 1. The monoisotopic (exact) mass is 307 g/mol. The lowest BCUT2D eigenvalue weighted by atomic mass is 10.2. The van der Waals surface area contributed by atoms with Gasteiger partial charge in [-0.2, -0.15) is 5.10 Å². The van der Waals surface area contributed by atoms with Gasteiger partial charge in [0.1, 0.15) is 5.52 Å². The van der Waals surface area contributed by atoms with E-state index < -0.39 is 0 Å². The van der Waals surface area contributed by atoms with Crippen molar-refractivity contribution in [3.05, 3.63) is 27.0 Å². The molecule has 1 atom stereocenters. The molecule has 0 spiro atoms. The SMILES string of the molecule is CCn1nc(C)c2[nH]c(=S)n(CC(C)c3nccs3)c21. The van der Waals surface area contributed by atoms with Crippen molar-refractivity contribution >= 4 is 34.7 Å². The summed E-state index contributed by atoms with van der Waals surface area (Å²) in [6.07, 6.45) is 1.85. The van der Waals surface area contributed by atoms with Crippen molar-refractivity contribution in [3.8, 4) is 0 Å². The van der Waals surface area contributed by atoms with E-state index >= 15 is 0 Å². The van der Waals surface area contributed by atoms with Crippen LogP contribution in [0.5, 0.6) is 0 Å². The van der Waals surface area contributed by atoms with Gasteiger partial charge in [-0.3, -0.25) is 0 Å². The van der Waals surface area contributed by atoms with Crippen molar-refractivity contribution in [2.75, 3.05) is 0 Å². The minimum Gasteiger partial charge on any atom is -0.328 e. The second kappa shape index (κ2) is 5.14. The van der Waals surface area contributed by atoms with Gasteiger partial charge in [0.15, 0.2) is 10.4 Å². The Balaban J connectivity index is 2.07. The van der Waals surface area contributed by atoms with Crippen LogP contribution in [0.2, 0.25) is 0 Å². The zero-order valence-electron chi connectivity index (χ0n) is 11.8. The van der Waals surface area contributed by atoms with Crippen molar-refractivity contribution in [2.24, 2.45) is 0 Å². The second-order valence-corrected chi connectivity index (χ2v) is 6.22. The predicted molar refractivity (Wildman–Crippen MR) is 83.8 cm³/mol. The van der Waals surface area contributed by atoms with Crippen LogP contribution in [0.25, 0.3) is 11.2 Å². The molecule has 106 valence electrons. The first-order chi connectivity index (χ1) is 9.61. The third-order valence-electron chi connectivity index (χ3n) is 3.46. The third kappa shape index (κ3) is 2.10. The number of thiazole rings is 1. The van der Waals surface area contributed by atoms with Crippen LogP contribution in [0, 0.1) is 11.7 Å². The van der Waals surface area contributed by atoms with Crippen LogP contribution >= 0.6 is 23.6 Å². The van der Waals surface area contributed by atoms with E-state index in [4.69, 9.17) is 12.2 Å². The molecule has 0 bridgehead atoms. The fourth-order valence-electron chi connectivity index (χ4n) is 2.48. The molecule has 0 aromatic carbocycles. The Morgan fingerprint density at radius 3 is 2.95 bits per heavy atom. The minimum absolute atomic E-state index is 0.334. The average molecular weight is 307 g/mol.